The van der Waals surface area contributed by atoms with E-state index >= 15 is 0 Å². The zero-order valence-corrected chi connectivity index (χ0v) is 11.5. The maximum Gasteiger partial charge on any atom is 0.335 e. The molecule has 0 atom stereocenters. The fraction of sp³-hybridized carbons (Fsp3) is 0.200. The van der Waals surface area contributed by atoms with E-state index in [0.717, 1.165) is 16.8 Å². The number of thiophene rings is 1. The van der Waals surface area contributed by atoms with Gasteiger partial charge in [-0.3, -0.25) is 4.79 Å². The second-order valence-electron chi connectivity index (χ2n) is 4.76. The summed E-state index contributed by atoms with van der Waals surface area (Å²) >= 11 is 1.60. The first-order valence-corrected chi connectivity index (χ1v) is 7.27. The largest absolute Gasteiger partial charge is 0.478 e. The third kappa shape index (κ3) is 2.32. The fourth-order valence-corrected chi connectivity index (χ4v) is 3.09. The van der Waals surface area contributed by atoms with E-state index in [-0.39, 0.29) is 11.5 Å². The van der Waals surface area contributed by atoms with Crippen molar-refractivity contribution in [2.75, 3.05) is 4.90 Å². The summed E-state index contributed by atoms with van der Waals surface area (Å²) in [4.78, 5) is 24.9. The Labute approximate surface area is 120 Å². The molecule has 3 rings (SSSR count). The van der Waals surface area contributed by atoms with Crippen molar-refractivity contribution in [3.05, 3.63) is 51.7 Å². The normalized spacial score (nSPS) is 14.2. The fourth-order valence-electron chi connectivity index (χ4n) is 2.43. The number of fused-ring (bicyclic) bond motifs is 1. The quantitative estimate of drug-likeness (QED) is 0.944. The standard InChI is InChI=1S/C15H13NO3S/c17-14-4-2-11-7-12(15(18)19)1-3-13(11)16(14)8-10-5-6-20-9-10/h1,3,5-7,9H,2,4,8H2,(H,18,19). The highest BCUT2D eigenvalue weighted by molar-refractivity contribution is 7.07. The number of rotatable bonds is 3. The lowest BCUT2D eigenvalue weighted by molar-refractivity contribution is -0.119. The van der Waals surface area contributed by atoms with Crippen molar-refractivity contribution in [3.8, 4) is 0 Å². The molecule has 5 heteroatoms. The van der Waals surface area contributed by atoms with E-state index in [1.807, 2.05) is 16.8 Å². The zero-order chi connectivity index (χ0) is 14.1. The third-order valence-electron chi connectivity index (χ3n) is 3.45. The number of aromatic carboxylic acids is 1. The average molecular weight is 287 g/mol. The molecule has 0 saturated heterocycles. The van der Waals surface area contributed by atoms with Crippen LogP contribution in [0.5, 0.6) is 0 Å². The van der Waals surface area contributed by atoms with Crippen molar-refractivity contribution >= 4 is 28.9 Å². The Morgan fingerprint density at radius 1 is 1.30 bits per heavy atom. The van der Waals surface area contributed by atoms with Crippen LogP contribution >= 0.6 is 11.3 Å². The Morgan fingerprint density at radius 2 is 2.15 bits per heavy atom. The molecule has 1 aliphatic rings. The molecule has 102 valence electrons. The van der Waals surface area contributed by atoms with Gasteiger partial charge in [0.1, 0.15) is 0 Å². The molecule has 2 heterocycles. The van der Waals surface area contributed by atoms with E-state index in [1.54, 1.807) is 34.4 Å². The van der Waals surface area contributed by atoms with Gasteiger partial charge in [0.25, 0.3) is 0 Å². The molecule has 0 radical (unpaired) electrons. The van der Waals surface area contributed by atoms with Crippen molar-refractivity contribution in [1.29, 1.82) is 0 Å². The second-order valence-corrected chi connectivity index (χ2v) is 5.54. The highest BCUT2D eigenvalue weighted by Crippen LogP contribution is 2.30. The molecular weight excluding hydrogens is 274 g/mol. The van der Waals surface area contributed by atoms with Gasteiger partial charge in [0.15, 0.2) is 0 Å². The lowest BCUT2D eigenvalue weighted by Crippen LogP contribution is -2.34. The van der Waals surface area contributed by atoms with Crippen LogP contribution in [0.4, 0.5) is 5.69 Å². The number of carbonyl (C=O) groups is 2. The molecular formula is C15H13NO3S. The number of carboxylic acids is 1. The van der Waals surface area contributed by atoms with Crippen molar-refractivity contribution in [3.63, 3.8) is 0 Å². The minimum atomic E-state index is -0.936. The number of anilines is 1. The molecule has 4 nitrogen and oxygen atoms in total. The van der Waals surface area contributed by atoms with Crippen molar-refractivity contribution in [2.45, 2.75) is 19.4 Å². The summed E-state index contributed by atoms with van der Waals surface area (Å²) in [6, 6.07) is 6.96. The van der Waals surface area contributed by atoms with Crippen LogP contribution < -0.4 is 4.90 Å². The van der Waals surface area contributed by atoms with Crippen LogP contribution in [0, 0.1) is 0 Å². The van der Waals surface area contributed by atoms with Gasteiger partial charge in [0.2, 0.25) is 5.91 Å². The first-order valence-electron chi connectivity index (χ1n) is 6.33. The minimum Gasteiger partial charge on any atom is -0.478 e. The van der Waals surface area contributed by atoms with Crippen LogP contribution in [0.1, 0.15) is 27.9 Å². The van der Waals surface area contributed by atoms with Crippen molar-refractivity contribution in [2.24, 2.45) is 0 Å². The SMILES string of the molecule is O=C(O)c1ccc2c(c1)CCC(=O)N2Cc1ccsc1. The van der Waals surface area contributed by atoms with Gasteiger partial charge < -0.3 is 10.0 Å². The van der Waals surface area contributed by atoms with Gasteiger partial charge in [-0.05, 0) is 52.6 Å². The molecule has 20 heavy (non-hydrogen) atoms. The van der Waals surface area contributed by atoms with E-state index in [9.17, 15) is 9.59 Å². The van der Waals surface area contributed by atoms with Gasteiger partial charge in [-0.1, -0.05) is 0 Å². The molecule has 0 fully saturated rings. The summed E-state index contributed by atoms with van der Waals surface area (Å²) in [6.45, 7) is 0.543. The van der Waals surface area contributed by atoms with Gasteiger partial charge in [-0.25, -0.2) is 4.79 Å². The molecule has 0 bridgehead atoms. The molecule has 1 amide bonds. The van der Waals surface area contributed by atoms with Gasteiger partial charge >= 0.3 is 5.97 Å². The second kappa shape index (κ2) is 5.09. The van der Waals surface area contributed by atoms with E-state index in [1.165, 1.54) is 0 Å². The van der Waals surface area contributed by atoms with E-state index in [4.69, 9.17) is 5.11 Å². The summed E-state index contributed by atoms with van der Waals surface area (Å²) in [5.74, 6) is -0.846. The minimum absolute atomic E-state index is 0.0896. The van der Waals surface area contributed by atoms with Crippen LogP contribution in [0.15, 0.2) is 35.0 Å². The topological polar surface area (TPSA) is 57.6 Å². The van der Waals surface area contributed by atoms with Gasteiger partial charge in [-0.15, -0.1) is 0 Å². The molecule has 2 aromatic rings. The maximum absolute atomic E-state index is 12.1. The maximum atomic E-state index is 12.1. The molecule has 1 aliphatic heterocycles. The van der Waals surface area contributed by atoms with Crippen LogP contribution in [0.25, 0.3) is 0 Å². The first kappa shape index (κ1) is 12.9. The predicted octanol–water partition coefficient (Wildman–Crippen LogP) is 2.93. The Morgan fingerprint density at radius 3 is 2.85 bits per heavy atom. The van der Waals surface area contributed by atoms with Crippen molar-refractivity contribution < 1.29 is 14.7 Å². The molecule has 1 N–H and O–H groups in total. The summed E-state index contributed by atoms with van der Waals surface area (Å²) < 4.78 is 0. The molecule has 0 unspecified atom stereocenters. The molecule has 0 aliphatic carbocycles. The number of carbonyl (C=O) groups excluding carboxylic acids is 1. The predicted molar refractivity (Wildman–Crippen MR) is 77.2 cm³/mol. The lowest BCUT2D eigenvalue weighted by atomic mass is 9.98. The molecule has 0 spiro atoms. The van der Waals surface area contributed by atoms with Crippen LogP contribution in [0.3, 0.4) is 0 Å². The van der Waals surface area contributed by atoms with E-state index < -0.39 is 5.97 Å². The number of benzene rings is 1. The third-order valence-corrected chi connectivity index (χ3v) is 4.18. The number of nitrogens with zero attached hydrogens (tertiary/aromatic N) is 1. The highest BCUT2D eigenvalue weighted by atomic mass is 32.1. The van der Waals surface area contributed by atoms with Crippen LogP contribution in [0.2, 0.25) is 0 Å². The first-order chi connectivity index (χ1) is 9.65. The van der Waals surface area contributed by atoms with Gasteiger partial charge in [0.05, 0.1) is 12.1 Å². The van der Waals surface area contributed by atoms with Gasteiger partial charge in [0, 0.05) is 12.1 Å². The Bertz CT molecular complexity index is 664. The van der Waals surface area contributed by atoms with Gasteiger partial charge in [-0.2, -0.15) is 11.3 Å². The zero-order valence-electron chi connectivity index (χ0n) is 10.7. The number of carboxylic acid groups (broad SMARTS) is 1. The summed E-state index contributed by atoms with van der Waals surface area (Å²) in [5, 5.41) is 13.0. The number of amides is 1. The van der Waals surface area contributed by atoms with Crippen LogP contribution in [-0.2, 0) is 17.8 Å². The monoisotopic (exact) mass is 287 g/mol. The number of aryl methyl sites for hydroxylation is 1. The highest BCUT2D eigenvalue weighted by Gasteiger charge is 2.25. The summed E-state index contributed by atoms with van der Waals surface area (Å²) in [7, 11) is 0. The molecule has 1 aromatic carbocycles. The van der Waals surface area contributed by atoms with Crippen LogP contribution in [-0.4, -0.2) is 17.0 Å². The number of hydrogen-bond donors (Lipinski definition) is 1. The Balaban J connectivity index is 1.96. The summed E-state index contributed by atoms with van der Waals surface area (Å²) in [6.07, 6.45) is 1.04. The van der Waals surface area contributed by atoms with E-state index in [0.29, 0.717) is 19.4 Å². The summed E-state index contributed by atoms with van der Waals surface area (Å²) in [5.41, 5.74) is 3.13. The van der Waals surface area contributed by atoms with E-state index in [2.05, 4.69) is 0 Å². The Kier molecular flexibility index (Phi) is 3.28. The molecule has 0 saturated carbocycles. The smallest absolute Gasteiger partial charge is 0.335 e. The lowest BCUT2D eigenvalue weighted by Gasteiger charge is -2.29. The Hall–Kier alpha value is -2.14. The molecule has 1 aromatic heterocycles. The number of hydrogen-bond acceptors (Lipinski definition) is 3. The average Bonchev–Trinajstić information content (AvgIpc) is 2.94. The van der Waals surface area contributed by atoms with Crippen molar-refractivity contribution in [1.82, 2.24) is 0 Å².